The van der Waals surface area contributed by atoms with Gasteiger partial charge in [-0.25, -0.2) is 0 Å². The minimum absolute atomic E-state index is 0.123. The molecule has 0 aromatic carbocycles. The van der Waals surface area contributed by atoms with E-state index in [-0.39, 0.29) is 6.10 Å². The summed E-state index contributed by atoms with van der Waals surface area (Å²) in [7, 11) is 0. The van der Waals surface area contributed by atoms with Crippen molar-refractivity contribution in [3.05, 3.63) is 23.0 Å². The van der Waals surface area contributed by atoms with Crippen molar-refractivity contribution >= 4 is 0 Å². The summed E-state index contributed by atoms with van der Waals surface area (Å²) in [6, 6.07) is 3.95. The smallest absolute Gasteiger partial charge is 0.141 e. The molecular formula is C12H16N2O. The maximum absolute atomic E-state index is 9.01. The summed E-state index contributed by atoms with van der Waals surface area (Å²) < 4.78 is 5.68. The fourth-order valence-corrected chi connectivity index (χ4v) is 1.32. The second kappa shape index (κ2) is 4.79. The number of ether oxygens (including phenoxy) is 1. The van der Waals surface area contributed by atoms with Gasteiger partial charge in [0, 0.05) is 11.8 Å². The van der Waals surface area contributed by atoms with Gasteiger partial charge in [-0.2, -0.15) is 5.26 Å². The largest absolute Gasteiger partial charge is 0.489 e. The van der Waals surface area contributed by atoms with Crippen LogP contribution in [0.3, 0.4) is 0 Å². The number of rotatable bonds is 3. The summed E-state index contributed by atoms with van der Waals surface area (Å²) in [6.07, 6.45) is 1.05. The fourth-order valence-electron chi connectivity index (χ4n) is 1.32. The first-order valence-corrected chi connectivity index (χ1v) is 5.13. The molecule has 1 atom stereocenters. The molecule has 0 radical (unpaired) electrons. The van der Waals surface area contributed by atoms with Crippen molar-refractivity contribution in [2.75, 3.05) is 0 Å². The monoisotopic (exact) mass is 204 g/mol. The van der Waals surface area contributed by atoms with Gasteiger partial charge in [-0.1, -0.05) is 6.92 Å². The van der Waals surface area contributed by atoms with Gasteiger partial charge in [0.1, 0.15) is 17.4 Å². The Kier molecular flexibility index (Phi) is 3.68. The second-order valence-corrected chi connectivity index (χ2v) is 3.67. The lowest BCUT2D eigenvalue weighted by atomic mass is 10.2. The van der Waals surface area contributed by atoms with E-state index in [2.05, 4.69) is 18.0 Å². The van der Waals surface area contributed by atoms with E-state index in [1.54, 1.807) is 0 Å². The van der Waals surface area contributed by atoms with E-state index in [0.29, 0.717) is 11.3 Å². The first-order valence-electron chi connectivity index (χ1n) is 5.13. The fraction of sp³-hybridized carbons (Fsp3) is 0.500. The first-order chi connectivity index (χ1) is 7.08. The maximum Gasteiger partial charge on any atom is 0.141 e. The molecule has 1 aromatic rings. The van der Waals surface area contributed by atoms with E-state index >= 15 is 0 Å². The van der Waals surface area contributed by atoms with Crippen LogP contribution in [-0.2, 0) is 0 Å². The second-order valence-electron chi connectivity index (χ2n) is 3.67. The highest BCUT2D eigenvalue weighted by molar-refractivity contribution is 5.46. The molecular weight excluding hydrogens is 188 g/mol. The number of aromatic nitrogens is 1. The molecule has 0 aliphatic carbocycles. The van der Waals surface area contributed by atoms with Crippen molar-refractivity contribution in [2.45, 2.75) is 40.2 Å². The minimum Gasteiger partial charge on any atom is -0.489 e. The standard InChI is InChI=1S/C12H16N2O/c1-5-9(3)15-12-6-8(2)14-10(4)11(12)7-13/h6,9H,5H2,1-4H3. The number of nitriles is 1. The number of aryl methyl sites for hydroxylation is 2. The Hall–Kier alpha value is -1.56. The molecule has 0 N–H and O–H groups in total. The first kappa shape index (κ1) is 11.5. The minimum atomic E-state index is 0.123. The Morgan fingerprint density at radius 3 is 2.73 bits per heavy atom. The van der Waals surface area contributed by atoms with Crippen LogP contribution in [0.4, 0.5) is 0 Å². The van der Waals surface area contributed by atoms with Crippen molar-refractivity contribution < 1.29 is 4.74 Å². The van der Waals surface area contributed by atoms with E-state index in [1.807, 2.05) is 26.8 Å². The number of hydrogen-bond acceptors (Lipinski definition) is 3. The van der Waals surface area contributed by atoms with Crippen LogP contribution in [0, 0.1) is 25.2 Å². The predicted octanol–water partition coefficient (Wildman–Crippen LogP) is 2.75. The maximum atomic E-state index is 9.01. The summed E-state index contributed by atoms with van der Waals surface area (Å²) in [4.78, 5) is 4.24. The molecule has 0 spiro atoms. The van der Waals surface area contributed by atoms with Crippen LogP contribution >= 0.6 is 0 Å². The molecule has 0 amide bonds. The SMILES string of the molecule is CCC(C)Oc1cc(C)nc(C)c1C#N. The highest BCUT2D eigenvalue weighted by atomic mass is 16.5. The van der Waals surface area contributed by atoms with E-state index in [0.717, 1.165) is 17.8 Å². The molecule has 15 heavy (non-hydrogen) atoms. The zero-order chi connectivity index (χ0) is 11.4. The Morgan fingerprint density at radius 1 is 1.53 bits per heavy atom. The van der Waals surface area contributed by atoms with Crippen LogP contribution in [0.25, 0.3) is 0 Å². The van der Waals surface area contributed by atoms with Gasteiger partial charge in [-0.3, -0.25) is 4.98 Å². The summed E-state index contributed by atoms with van der Waals surface area (Å²) in [5.74, 6) is 0.650. The van der Waals surface area contributed by atoms with Crippen LogP contribution in [0.5, 0.6) is 5.75 Å². The number of pyridine rings is 1. The van der Waals surface area contributed by atoms with E-state index in [4.69, 9.17) is 10.00 Å². The zero-order valence-corrected chi connectivity index (χ0v) is 9.66. The third-order valence-corrected chi connectivity index (χ3v) is 2.31. The summed E-state index contributed by atoms with van der Waals surface area (Å²) >= 11 is 0. The molecule has 1 aromatic heterocycles. The van der Waals surface area contributed by atoms with Gasteiger partial charge in [0.05, 0.1) is 11.8 Å². The molecule has 0 aliphatic heterocycles. The quantitative estimate of drug-likeness (QED) is 0.760. The van der Waals surface area contributed by atoms with Gasteiger partial charge in [-0.15, -0.1) is 0 Å². The summed E-state index contributed by atoms with van der Waals surface area (Å²) in [5, 5.41) is 9.01. The average Bonchev–Trinajstić information content (AvgIpc) is 2.17. The van der Waals surface area contributed by atoms with Crippen molar-refractivity contribution in [3.8, 4) is 11.8 Å². The molecule has 0 saturated carbocycles. The number of hydrogen-bond donors (Lipinski definition) is 0. The van der Waals surface area contributed by atoms with Gasteiger partial charge >= 0.3 is 0 Å². The van der Waals surface area contributed by atoms with Crippen LogP contribution in [-0.4, -0.2) is 11.1 Å². The molecule has 0 saturated heterocycles. The lowest BCUT2D eigenvalue weighted by molar-refractivity contribution is 0.216. The molecule has 0 aliphatic rings. The topological polar surface area (TPSA) is 45.9 Å². The Labute approximate surface area is 90.7 Å². The summed E-state index contributed by atoms with van der Waals surface area (Å²) in [5.41, 5.74) is 2.15. The van der Waals surface area contributed by atoms with Gasteiger partial charge < -0.3 is 4.74 Å². The molecule has 3 heteroatoms. The van der Waals surface area contributed by atoms with Gasteiger partial charge in [0.15, 0.2) is 0 Å². The highest BCUT2D eigenvalue weighted by Gasteiger charge is 2.11. The van der Waals surface area contributed by atoms with Crippen LogP contribution < -0.4 is 4.74 Å². The zero-order valence-electron chi connectivity index (χ0n) is 9.66. The van der Waals surface area contributed by atoms with Crippen molar-refractivity contribution in [2.24, 2.45) is 0 Å². The molecule has 80 valence electrons. The molecule has 1 unspecified atom stereocenters. The molecule has 3 nitrogen and oxygen atoms in total. The van der Waals surface area contributed by atoms with Crippen LogP contribution in [0.15, 0.2) is 6.07 Å². The molecule has 0 bridgehead atoms. The van der Waals surface area contributed by atoms with Crippen LogP contribution in [0.1, 0.15) is 37.2 Å². The molecule has 1 rings (SSSR count). The lowest BCUT2D eigenvalue weighted by Gasteiger charge is -2.14. The van der Waals surface area contributed by atoms with Gasteiger partial charge in [-0.05, 0) is 27.2 Å². The lowest BCUT2D eigenvalue weighted by Crippen LogP contribution is -2.11. The van der Waals surface area contributed by atoms with Crippen molar-refractivity contribution in [3.63, 3.8) is 0 Å². The van der Waals surface area contributed by atoms with Gasteiger partial charge in [0.2, 0.25) is 0 Å². The molecule has 1 heterocycles. The Morgan fingerprint density at radius 2 is 2.20 bits per heavy atom. The van der Waals surface area contributed by atoms with Crippen molar-refractivity contribution in [1.29, 1.82) is 5.26 Å². The third-order valence-electron chi connectivity index (χ3n) is 2.31. The number of nitrogens with zero attached hydrogens (tertiary/aromatic N) is 2. The third kappa shape index (κ3) is 2.69. The van der Waals surface area contributed by atoms with E-state index in [9.17, 15) is 0 Å². The normalized spacial score (nSPS) is 11.9. The molecule has 0 fully saturated rings. The average molecular weight is 204 g/mol. The summed E-state index contributed by atoms with van der Waals surface area (Å²) in [6.45, 7) is 7.77. The van der Waals surface area contributed by atoms with E-state index in [1.165, 1.54) is 0 Å². The van der Waals surface area contributed by atoms with Crippen molar-refractivity contribution in [1.82, 2.24) is 4.98 Å². The Bertz CT molecular complexity index is 393. The Balaban J connectivity index is 3.10. The van der Waals surface area contributed by atoms with Crippen LogP contribution in [0.2, 0.25) is 0 Å². The van der Waals surface area contributed by atoms with E-state index < -0.39 is 0 Å². The van der Waals surface area contributed by atoms with Gasteiger partial charge in [0.25, 0.3) is 0 Å². The predicted molar refractivity (Wildman–Crippen MR) is 58.8 cm³/mol. The highest BCUT2D eigenvalue weighted by Crippen LogP contribution is 2.22.